The van der Waals surface area contributed by atoms with E-state index in [2.05, 4.69) is 11.6 Å². The maximum atomic E-state index is 10.8. The Labute approximate surface area is 80.7 Å². The largest absolute Gasteiger partial charge is 0.478 e. The fourth-order valence-corrected chi connectivity index (χ4v) is 1.28. The third kappa shape index (κ3) is 2.06. The third-order valence-electron chi connectivity index (χ3n) is 1.57. The number of nitrogens with zero attached hydrogens (tertiary/aromatic N) is 1. The Bertz CT molecular complexity index is 349. The zero-order valence-electron chi connectivity index (χ0n) is 6.83. The van der Waals surface area contributed by atoms with Crippen LogP contribution in [0.4, 0.5) is 0 Å². The standard InChI is InChI=1S/C9H8ClNO2/c1-2-3-6-4-5-11-8(10)7(6)9(12)13/h2,4-5H,1,3H2,(H,12,13). The van der Waals surface area contributed by atoms with Crippen LogP contribution in [0.25, 0.3) is 0 Å². The minimum absolute atomic E-state index is 0.0202. The van der Waals surface area contributed by atoms with Crippen molar-refractivity contribution in [2.24, 2.45) is 0 Å². The molecule has 0 amide bonds. The number of carbonyl (C=O) groups is 1. The molecule has 0 aliphatic heterocycles. The van der Waals surface area contributed by atoms with E-state index < -0.39 is 5.97 Å². The molecule has 0 aliphatic rings. The molecule has 0 unspecified atom stereocenters. The number of pyridine rings is 1. The first-order chi connectivity index (χ1) is 6.16. The van der Waals surface area contributed by atoms with Gasteiger partial charge < -0.3 is 5.11 Å². The van der Waals surface area contributed by atoms with Gasteiger partial charge >= 0.3 is 5.97 Å². The van der Waals surface area contributed by atoms with Crippen molar-refractivity contribution in [3.63, 3.8) is 0 Å². The molecular formula is C9H8ClNO2. The molecule has 0 aliphatic carbocycles. The van der Waals surface area contributed by atoms with E-state index in [1.807, 2.05) is 0 Å². The second kappa shape index (κ2) is 4.05. The van der Waals surface area contributed by atoms with E-state index in [0.717, 1.165) is 0 Å². The smallest absolute Gasteiger partial charge is 0.339 e. The Morgan fingerprint density at radius 1 is 1.77 bits per heavy atom. The van der Waals surface area contributed by atoms with Crippen LogP contribution in [0.5, 0.6) is 0 Å². The molecule has 68 valence electrons. The highest BCUT2D eigenvalue weighted by Crippen LogP contribution is 2.17. The number of halogens is 1. The summed E-state index contributed by atoms with van der Waals surface area (Å²) in [5.41, 5.74) is 0.687. The summed E-state index contributed by atoms with van der Waals surface area (Å²) in [5, 5.41) is 8.83. The Balaban J connectivity index is 3.25. The molecule has 0 bridgehead atoms. The average Bonchev–Trinajstić information content (AvgIpc) is 2.04. The third-order valence-corrected chi connectivity index (χ3v) is 1.86. The molecule has 0 saturated heterocycles. The van der Waals surface area contributed by atoms with Gasteiger partial charge in [0.2, 0.25) is 0 Å². The lowest BCUT2D eigenvalue weighted by Crippen LogP contribution is -2.04. The van der Waals surface area contributed by atoms with Crippen LogP contribution in [-0.4, -0.2) is 16.1 Å². The molecule has 0 radical (unpaired) electrons. The van der Waals surface area contributed by atoms with Gasteiger partial charge in [-0.1, -0.05) is 17.7 Å². The molecule has 0 atom stereocenters. The fraction of sp³-hybridized carbons (Fsp3) is 0.111. The Morgan fingerprint density at radius 2 is 2.46 bits per heavy atom. The molecule has 1 rings (SSSR count). The molecule has 13 heavy (non-hydrogen) atoms. The van der Waals surface area contributed by atoms with Crippen molar-refractivity contribution in [1.82, 2.24) is 4.98 Å². The summed E-state index contributed by atoms with van der Waals surface area (Å²) < 4.78 is 0. The monoisotopic (exact) mass is 197 g/mol. The highest BCUT2D eigenvalue weighted by molar-refractivity contribution is 6.32. The van der Waals surface area contributed by atoms with Crippen LogP contribution in [-0.2, 0) is 6.42 Å². The first-order valence-electron chi connectivity index (χ1n) is 3.64. The van der Waals surface area contributed by atoms with Gasteiger partial charge in [0.05, 0.1) is 0 Å². The average molecular weight is 198 g/mol. The second-order valence-electron chi connectivity index (χ2n) is 2.43. The lowest BCUT2D eigenvalue weighted by Gasteiger charge is -2.03. The van der Waals surface area contributed by atoms with Gasteiger partial charge in [-0.2, -0.15) is 0 Å². The van der Waals surface area contributed by atoms with Gasteiger partial charge in [0.15, 0.2) is 0 Å². The number of allylic oxidation sites excluding steroid dienone is 1. The van der Waals surface area contributed by atoms with E-state index in [-0.39, 0.29) is 10.7 Å². The summed E-state index contributed by atoms with van der Waals surface area (Å²) in [4.78, 5) is 14.5. The number of carboxylic acids is 1. The summed E-state index contributed by atoms with van der Waals surface area (Å²) in [6.45, 7) is 3.53. The van der Waals surface area contributed by atoms with Crippen LogP contribution in [0, 0.1) is 0 Å². The number of carboxylic acid groups (broad SMARTS) is 1. The van der Waals surface area contributed by atoms with Crippen molar-refractivity contribution >= 4 is 17.6 Å². The fourth-order valence-electron chi connectivity index (χ4n) is 1.02. The van der Waals surface area contributed by atoms with E-state index in [1.54, 1.807) is 12.1 Å². The lowest BCUT2D eigenvalue weighted by atomic mass is 10.1. The normalized spacial score (nSPS) is 9.62. The molecule has 0 saturated carbocycles. The van der Waals surface area contributed by atoms with E-state index >= 15 is 0 Å². The Kier molecular flexibility index (Phi) is 3.03. The number of aromatic carboxylic acids is 1. The summed E-state index contributed by atoms with van der Waals surface area (Å²) in [6, 6.07) is 1.62. The molecule has 1 aromatic heterocycles. The molecule has 1 aromatic rings. The zero-order valence-corrected chi connectivity index (χ0v) is 7.58. The molecule has 3 nitrogen and oxygen atoms in total. The summed E-state index contributed by atoms with van der Waals surface area (Å²) in [6.07, 6.45) is 3.58. The molecule has 0 fully saturated rings. The Morgan fingerprint density at radius 3 is 3.00 bits per heavy atom. The van der Waals surface area contributed by atoms with Crippen molar-refractivity contribution in [2.45, 2.75) is 6.42 Å². The molecule has 0 spiro atoms. The van der Waals surface area contributed by atoms with Gasteiger partial charge in [0, 0.05) is 6.20 Å². The molecular weight excluding hydrogens is 190 g/mol. The van der Waals surface area contributed by atoms with Crippen molar-refractivity contribution in [2.75, 3.05) is 0 Å². The van der Waals surface area contributed by atoms with E-state index in [9.17, 15) is 4.79 Å². The van der Waals surface area contributed by atoms with Crippen molar-refractivity contribution in [1.29, 1.82) is 0 Å². The topological polar surface area (TPSA) is 50.2 Å². The molecule has 0 aromatic carbocycles. The molecule has 1 heterocycles. The first kappa shape index (κ1) is 9.74. The number of hydrogen-bond acceptors (Lipinski definition) is 2. The van der Waals surface area contributed by atoms with Crippen molar-refractivity contribution in [3.8, 4) is 0 Å². The maximum absolute atomic E-state index is 10.8. The minimum Gasteiger partial charge on any atom is -0.478 e. The quantitative estimate of drug-likeness (QED) is 0.597. The highest BCUT2D eigenvalue weighted by atomic mass is 35.5. The predicted molar refractivity (Wildman–Crippen MR) is 50.1 cm³/mol. The van der Waals surface area contributed by atoms with Crippen LogP contribution in [0.1, 0.15) is 15.9 Å². The second-order valence-corrected chi connectivity index (χ2v) is 2.79. The Hall–Kier alpha value is -1.35. The molecule has 1 N–H and O–H groups in total. The summed E-state index contributed by atoms with van der Waals surface area (Å²) in [5.74, 6) is -1.06. The lowest BCUT2D eigenvalue weighted by molar-refractivity contribution is 0.0695. The van der Waals surface area contributed by atoms with E-state index in [1.165, 1.54) is 6.20 Å². The van der Waals surface area contributed by atoms with Crippen molar-refractivity contribution < 1.29 is 9.90 Å². The van der Waals surface area contributed by atoms with E-state index in [0.29, 0.717) is 12.0 Å². The van der Waals surface area contributed by atoms with Gasteiger partial charge in [-0.05, 0) is 18.1 Å². The maximum Gasteiger partial charge on any atom is 0.339 e. The van der Waals surface area contributed by atoms with Gasteiger partial charge in [-0.15, -0.1) is 6.58 Å². The van der Waals surface area contributed by atoms with Crippen molar-refractivity contribution in [3.05, 3.63) is 41.2 Å². The van der Waals surface area contributed by atoms with E-state index in [4.69, 9.17) is 16.7 Å². The molecule has 4 heteroatoms. The van der Waals surface area contributed by atoms with Gasteiger partial charge in [0.25, 0.3) is 0 Å². The zero-order chi connectivity index (χ0) is 9.84. The minimum atomic E-state index is -1.06. The van der Waals surface area contributed by atoms with Crippen LogP contribution >= 0.6 is 11.6 Å². The summed E-state index contributed by atoms with van der Waals surface area (Å²) >= 11 is 5.63. The number of hydrogen-bond donors (Lipinski definition) is 1. The number of aromatic nitrogens is 1. The summed E-state index contributed by atoms with van der Waals surface area (Å²) in [7, 11) is 0. The SMILES string of the molecule is C=CCc1ccnc(Cl)c1C(=O)O. The van der Waals surface area contributed by atoms with Gasteiger partial charge in [-0.25, -0.2) is 9.78 Å². The highest BCUT2D eigenvalue weighted by Gasteiger charge is 2.13. The van der Waals surface area contributed by atoms with Crippen LogP contribution in [0.2, 0.25) is 5.15 Å². The van der Waals surface area contributed by atoms with Crippen LogP contribution < -0.4 is 0 Å². The number of rotatable bonds is 3. The van der Waals surface area contributed by atoms with Gasteiger partial charge in [-0.3, -0.25) is 0 Å². The van der Waals surface area contributed by atoms with Crippen LogP contribution in [0.15, 0.2) is 24.9 Å². The first-order valence-corrected chi connectivity index (χ1v) is 4.02. The van der Waals surface area contributed by atoms with Gasteiger partial charge in [0.1, 0.15) is 10.7 Å². The van der Waals surface area contributed by atoms with Crippen LogP contribution in [0.3, 0.4) is 0 Å². The predicted octanol–water partition coefficient (Wildman–Crippen LogP) is 2.16.